The van der Waals surface area contributed by atoms with Gasteiger partial charge in [0.05, 0.1) is 15.6 Å². The van der Waals surface area contributed by atoms with E-state index in [1.807, 2.05) is 0 Å². The predicted molar refractivity (Wildman–Crippen MR) is 68.3 cm³/mol. The van der Waals surface area contributed by atoms with E-state index in [0.717, 1.165) is 14.1 Å². The lowest BCUT2D eigenvalue weighted by Gasteiger charge is -2.19. The maximum atomic E-state index is 12.7. The molecule has 0 aliphatic rings. The van der Waals surface area contributed by atoms with Gasteiger partial charge in [0, 0.05) is 14.1 Å². The summed E-state index contributed by atoms with van der Waals surface area (Å²) < 4.78 is 75.8. The molecule has 0 heterocycles. The molecule has 0 saturated carbocycles. The van der Waals surface area contributed by atoms with E-state index < -0.39 is 39.5 Å². The Labute approximate surface area is 126 Å². The average Bonchev–Trinajstić information content (AvgIpc) is 2.23. The van der Waals surface area contributed by atoms with Crippen molar-refractivity contribution in [3.05, 3.63) is 27.7 Å². The minimum atomic E-state index is -4.81. The topological polar surface area (TPSA) is 15.6 Å². The van der Waals surface area contributed by atoms with Crippen LogP contribution in [0.1, 0.15) is 5.56 Å². The second-order valence-electron chi connectivity index (χ2n) is 4.11. The molecule has 0 radical (unpaired) electrons. The lowest BCUT2D eigenvalue weighted by atomic mass is 10.2. The normalized spacial score (nSPS) is 13.5. The van der Waals surface area contributed by atoms with E-state index in [-0.39, 0.29) is 0 Å². The summed E-state index contributed by atoms with van der Waals surface area (Å²) >= 11 is 11.1. The molecule has 0 saturated heterocycles. The maximum Gasteiger partial charge on any atom is 0.449 e. The monoisotopic (exact) mass is 352 g/mol. The Bertz CT molecular complexity index is 540. The number of halogens is 8. The molecule has 0 unspecified atom stereocenters. The highest BCUT2D eigenvalue weighted by Gasteiger charge is 2.38. The fraction of sp³-hybridized carbons (Fsp3) is 0.364. The minimum absolute atomic E-state index is 0.468. The van der Waals surface area contributed by atoms with Crippen LogP contribution < -0.4 is 0 Å². The molecule has 0 aromatic heterocycles. The van der Waals surface area contributed by atoms with Crippen molar-refractivity contribution >= 4 is 34.7 Å². The van der Waals surface area contributed by atoms with Crippen molar-refractivity contribution in [3.63, 3.8) is 0 Å². The molecule has 0 fully saturated rings. The number of rotatable bonds is 1. The Morgan fingerprint density at radius 2 is 1.43 bits per heavy atom. The molecular formula is C11H8Cl2F6N2. The van der Waals surface area contributed by atoms with Crippen LogP contribution in [0.2, 0.25) is 10.0 Å². The summed E-state index contributed by atoms with van der Waals surface area (Å²) in [6.07, 6.45) is -9.53. The number of alkyl halides is 6. The molecule has 0 spiro atoms. The fourth-order valence-corrected chi connectivity index (χ4v) is 1.93. The van der Waals surface area contributed by atoms with Crippen LogP contribution in [-0.4, -0.2) is 31.0 Å². The van der Waals surface area contributed by atoms with Gasteiger partial charge in [-0.15, -0.1) is 0 Å². The summed E-state index contributed by atoms with van der Waals surface area (Å²) in [7, 11) is 2.16. The van der Waals surface area contributed by atoms with Gasteiger partial charge in [0.15, 0.2) is 0 Å². The summed E-state index contributed by atoms with van der Waals surface area (Å²) in [6.45, 7) is 0. The van der Waals surface area contributed by atoms with Gasteiger partial charge in [-0.2, -0.15) is 26.3 Å². The number of amidine groups is 1. The van der Waals surface area contributed by atoms with Crippen molar-refractivity contribution < 1.29 is 26.3 Å². The van der Waals surface area contributed by atoms with Gasteiger partial charge in [0.1, 0.15) is 5.69 Å². The van der Waals surface area contributed by atoms with Crippen LogP contribution in [-0.2, 0) is 6.18 Å². The first-order valence-electron chi connectivity index (χ1n) is 5.23. The van der Waals surface area contributed by atoms with Gasteiger partial charge in [-0.1, -0.05) is 23.2 Å². The number of benzene rings is 1. The van der Waals surface area contributed by atoms with Crippen LogP contribution in [0.25, 0.3) is 0 Å². The molecule has 21 heavy (non-hydrogen) atoms. The van der Waals surface area contributed by atoms with E-state index in [1.54, 1.807) is 0 Å². The number of hydrogen-bond donors (Lipinski definition) is 0. The summed E-state index contributed by atoms with van der Waals surface area (Å²) in [6, 6.07) is 0.936. The number of aliphatic imine (C=N–C) groups is 1. The zero-order valence-corrected chi connectivity index (χ0v) is 12.1. The first-order chi connectivity index (χ1) is 9.34. The molecule has 0 bridgehead atoms. The Morgan fingerprint density at radius 1 is 1.00 bits per heavy atom. The molecule has 1 rings (SSSR count). The third-order valence-corrected chi connectivity index (χ3v) is 2.82. The molecule has 0 atom stereocenters. The van der Waals surface area contributed by atoms with Crippen LogP contribution in [0.3, 0.4) is 0 Å². The summed E-state index contributed by atoms with van der Waals surface area (Å²) in [4.78, 5) is 3.90. The van der Waals surface area contributed by atoms with E-state index in [4.69, 9.17) is 23.2 Å². The standard InChI is InChI=1S/C11H8Cl2F6N2/c1-21(2)9(11(17,18)19)20-8-6(12)3-5(4-7(8)13)10(14,15)16/h3-4H,1-2H3/b20-9+. The first kappa shape index (κ1) is 17.9. The largest absolute Gasteiger partial charge is 0.449 e. The fourth-order valence-electron chi connectivity index (χ4n) is 1.36. The Hall–Kier alpha value is -1.15. The lowest BCUT2D eigenvalue weighted by molar-refractivity contribution is -0.137. The van der Waals surface area contributed by atoms with Gasteiger partial charge in [0.2, 0.25) is 5.84 Å². The summed E-state index contributed by atoms with van der Waals surface area (Å²) in [5, 5.41) is -1.25. The lowest BCUT2D eigenvalue weighted by Crippen LogP contribution is -2.35. The Kier molecular flexibility index (Phi) is 5.05. The number of hydrogen-bond acceptors (Lipinski definition) is 1. The quantitative estimate of drug-likeness (QED) is 0.387. The van der Waals surface area contributed by atoms with Crippen molar-refractivity contribution in [2.45, 2.75) is 12.4 Å². The average molecular weight is 353 g/mol. The van der Waals surface area contributed by atoms with Crippen LogP contribution >= 0.6 is 23.2 Å². The van der Waals surface area contributed by atoms with Crippen molar-refractivity contribution in [3.8, 4) is 0 Å². The summed E-state index contributed by atoms with van der Waals surface area (Å²) in [5.41, 5.74) is -1.75. The molecular weight excluding hydrogens is 345 g/mol. The van der Waals surface area contributed by atoms with Crippen LogP contribution in [0, 0.1) is 0 Å². The Morgan fingerprint density at radius 3 is 1.71 bits per heavy atom. The molecule has 0 aliphatic carbocycles. The van der Waals surface area contributed by atoms with Gasteiger partial charge in [0.25, 0.3) is 0 Å². The van der Waals surface area contributed by atoms with Gasteiger partial charge in [-0.25, -0.2) is 4.99 Å². The van der Waals surface area contributed by atoms with Crippen LogP contribution in [0.5, 0.6) is 0 Å². The second kappa shape index (κ2) is 5.92. The molecule has 0 amide bonds. The molecule has 0 aliphatic heterocycles. The van der Waals surface area contributed by atoms with Gasteiger partial charge in [-0.3, -0.25) is 0 Å². The van der Waals surface area contributed by atoms with Gasteiger partial charge < -0.3 is 4.90 Å². The smallest absolute Gasteiger partial charge is 0.359 e. The second-order valence-corrected chi connectivity index (χ2v) is 4.93. The SMILES string of the molecule is CN(C)/C(=N/c1c(Cl)cc(C(F)(F)F)cc1Cl)C(F)(F)F. The van der Waals surface area contributed by atoms with Crippen molar-refractivity contribution in [2.75, 3.05) is 14.1 Å². The van der Waals surface area contributed by atoms with Crippen LogP contribution in [0.15, 0.2) is 17.1 Å². The van der Waals surface area contributed by atoms with E-state index >= 15 is 0 Å². The van der Waals surface area contributed by atoms with E-state index in [0.29, 0.717) is 17.0 Å². The minimum Gasteiger partial charge on any atom is -0.359 e. The summed E-state index contributed by atoms with van der Waals surface area (Å²) in [5.74, 6) is -1.34. The van der Waals surface area contributed by atoms with Gasteiger partial charge >= 0.3 is 12.4 Å². The molecule has 0 N–H and O–H groups in total. The molecule has 1 aromatic rings. The Balaban J connectivity index is 3.45. The third-order valence-electron chi connectivity index (χ3n) is 2.24. The zero-order chi connectivity index (χ0) is 16.6. The molecule has 2 nitrogen and oxygen atoms in total. The maximum absolute atomic E-state index is 12.7. The highest BCUT2D eigenvalue weighted by molar-refractivity contribution is 6.39. The van der Waals surface area contributed by atoms with Gasteiger partial charge in [-0.05, 0) is 12.1 Å². The van der Waals surface area contributed by atoms with Crippen molar-refractivity contribution in [2.24, 2.45) is 4.99 Å². The molecule has 10 heteroatoms. The van der Waals surface area contributed by atoms with Crippen LogP contribution in [0.4, 0.5) is 32.0 Å². The number of nitrogens with zero attached hydrogens (tertiary/aromatic N) is 2. The molecule has 1 aromatic carbocycles. The first-order valence-corrected chi connectivity index (χ1v) is 5.99. The van der Waals surface area contributed by atoms with E-state index in [9.17, 15) is 26.3 Å². The molecule has 118 valence electrons. The van der Waals surface area contributed by atoms with Crippen molar-refractivity contribution in [1.29, 1.82) is 0 Å². The van der Waals surface area contributed by atoms with Crippen molar-refractivity contribution in [1.82, 2.24) is 4.90 Å². The van der Waals surface area contributed by atoms with E-state index in [1.165, 1.54) is 0 Å². The zero-order valence-electron chi connectivity index (χ0n) is 10.6. The highest BCUT2D eigenvalue weighted by atomic mass is 35.5. The highest BCUT2D eigenvalue weighted by Crippen LogP contribution is 2.40. The predicted octanol–water partition coefficient (Wildman–Crippen LogP) is 5.17. The third kappa shape index (κ3) is 4.41. The van der Waals surface area contributed by atoms with E-state index in [2.05, 4.69) is 4.99 Å².